The molecule has 0 unspecified atom stereocenters. The summed E-state index contributed by atoms with van der Waals surface area (Å²) < 4.78 is 0. The van der Waals surface area contributed by atoms with Crippen molar-refractivity contribution >= 4 is 45.5 Å². The standard InChI is InChI=1S/Co.La.O.Sr.2H/q+2;;-2;+2;2*-1. The molecule has 0 heterocycles. The van der Waals surface area contributed by atoms with Crippen LogP contribution in [0.3, 0.4) is 0 Å². The zero-order valence-corrected chi connectivity index (χ0v) is 10.2. The molecule has 0 amide bonds. The van der Waals surface area contributed by atoms with E-state index in [0.717, 1.165) is 0 Å². The van der Waals surface area contributed by atoms with E-state index in [9.17, 15) is 0 Å². The molecule has 0 aromatic carbocycles. The molecule has 1 nitrogen and oxygen atoms in total. The zero-order chi connectivity index (χ0) is 0. The maximum Gasteiger partial charge on any atom is 2.00 e. The van der Waals surface area contributed by atoms with Crippen molar-refractivity contribution < 1.29 is 60.7 Å². The Morgan fingerprint density at radius 2 is 1.25 bits per heavy atom. The minimum absolute atomic E-state index is 0. The van der Waals surface area contributed by atoms with E-state index in [1.54, 1.807) is 0 Å². The second kappa shape index (κ2) is 16.5. The summed E-state index contributed by atoms with van der Waals surface area (Å²) in [4.78, 5) is 0. The fraction of sp³-hybridized carbons (Fsp3) is 0. The number of hydrogen-bond donors (Lipinski definition) is 0. The van der Waals surface area contributed by atoms with Gasteiger partial charge in [-0.2, -0.15) is 0 Å². The van der Waals surface area contributed by atoms with E-state index in [1.165, 1.54) is 0 Å². The molecule has 0 fully saturated rings. The predicted octanol–water partition coefficient (Wildman–Crippen LogP) is -0.277. The smallest absolute Gasteiger partial charge is 2.00 e. The van der Waals surface area contributed by atoms with Crippen LogP contribution in [0.25, 0.3) is 0 Å². The SMILES string of the molecule is [Co+2].[H-].[H-].[La].[O-2].[Sr+2]. The van der Waals surface area contributed by atoms with Crippen molar-refractivity contribution in [3.63, 3.8) is 0 Å². The van der Waals surface area contributed by atoms with Gasteiger partial charge < -0.3 is 8.33 Å². The quantitative estimate of drug-likeness (QED) is 0.551. The third kappa shape index (κ3) is 8.94. The second-order valence-corrected chi connectivity index (χ2v) is 0. The zero-order valence-electron chi connectivity index (χ0n) is 4.03. The Hall–Kier alpha value is 3.14. The molecule has 0 aliphatic rings. The molecule has 4 heteroatoms. The van der Waals surface area contributed by atoms with Crippen LogP contribution in [0.4, 0.5) is 0 Å². The molecule has 0 saturated heterocycles. The van der Waals surface area contributed by atoms with Gasteiger partial charge in [0.25, 0.3) is 0 Å². The Morgan fingerprint density at radius 3 is 1.25 bits per heavy atom. The fourth-order valence-electron chi connectivity index (χ4n) is 0. The third-order valence-electron chi connectivity index (χ3n) is 0. The van der Waals surface area contributed by atoms with Crippen molar-refractivity contribution in [3.05, 3.63) is 0 Å². The Kier molecular flexibility index (Phi) is 112. The molecule has 0 atom stereocenters. The molecule has 0 aromatic rings. The molecule has 0 bridgehead atoms. The van der Waals surface area contributed by atoms with E-state index in [0.29, 0.717) is 0 Å². The van der Waals surface area contributed by atoms with Gasteiger partial charge in [-0.25, -0.2) is 0 Å². The minimum Gasteiger partial charge on any atom is -2.00 e. The molecule has 0 N–H and O–H groups in total. The van der Waals surface area contributed by atoms with Crippen LogP contribution in [-0.2, 0) is 22.3 Å². The van der Waals surface area contributed by atoms with Gasteiger partial charge in [-0.1, -0.05) is 0 Å². The van der Waals surface area contributed by atoms with Gasteiger partial charge in [-0.3, -0.25) is 0 Å². The minimum atomic E-state index is 0. The van der Waals surface area contributed by atoms with E-state index in [4.69, 9.17) is 0 Å². The van der Waals surface area contributed by atoms with Crippen molar-refractivity contribution in [2.45, 2.75) is 0 Å². The van der Waals surface area contributed by atoms with E-state index >= 15 is 0 Å². The van der Waals surface area contributed by atoms with Crippen LogP contribution in [0.1, 0.15) is 2.85 Å². The van der Waals surface area contributed by atoms with Gasteiger partial charge in [0.1, 0.15) is 0 Å². The molecule has 0 aliphatic carbocycles. The molecule has 22 valence electrons. The van der Waals surface area contributed by atoms with Crippen molar-refractivity contribution in [3.8, 4) is 0 Å². The van der Waals surface area contributed by atoms with Gasteiger partial charge in [-0.05, 0) is 0 Å². The van der Waals surface area contributed by atoms with Crippen molar-refractivity contribution in [1.29, 1.82) is 0 Å². The van der Waals surface area contributed by atoms with Gasteiger partial charge in [-0.15, -0.1) is 0 Å². The van der Waals surface area contributed by atoms with Crippen LogP contribution in [0.2, 0.25) is 0 Å². The summed E-state index contributed by atoms with van der Waals surface area (Å²) in [6.07, 6.45) is 0. The van der Waals surface area contributed by atoms with Crippen LogP contribution in [0.15, 0.2) is 0 Å². The van der Waals surface area contributed by atoms with Crippen LogP contribution < -0.4 is 0 Å². The van der Waals surface area contributed by atoms with Crippen LogP contribution >= 0.6 is 0 Å². The van der Waals surface area contributed by atoms with E-state index in [1.807, 2.05) is 0 Å². The Morgan fingerprint density at radius 1 is 1.25 bits per heavy atom. The summed E-state index contributed by atoms with van der Waals surface area (Å²) in [5.41, 5.74) is 0. The average Bonchev–Trinajstić information content (AvgIpc) is 0. The van der Waals surface area contributed by atoms with Gasteiger partial charge in [0.15, 0.2) is 0 Å². The molecule has 0 aliphatic heterocycles. The normalized spacial score (nSPS) is 0. The number of hydrogen-bond acceptors (Lipinski definition) is 0. The van der Waals surface area contributed by atoms with E-state index < -0.39 is 0 Å². The van der Waals surface area contributed by atoms with Gasteiger partial charge in [0.2, 0.25) is 0 Å². The first-order chi connectivity index (χ1) is 0. The summed E-state index contributed by atoms with van der Waals surface area (Å²) in [6.45, 7) is 0. The van der Waals surface area contributed by atoms with Gasteiger partial charge in [0, 0.05) is 35.6 Å². The molecule has 0 saturated carbocycles. The van der Waals surface area contributed by atoms with E-state index in [-0.39, 0.29) is 106 Å². The topological polar surface area (TPSA) is 28.5 Å². The second-order valence-electron chi connectivity index (χ2n) is 0. The van der Waals surface area contributed by atoms with E-state index in [2.05, 4.69) is 0 Å². The monoisotopic (exact) mass is 304 g/mol. The maximum atomic E-state index is 0. The Balaban J connectivity index is 0. The van der Waals surface area contributed by atoms with Crippen molar-refractivity contribution in [2.75, 3.05) is 0 Å². The molecular weight excluding hydrogens is 301 g/mol. The van der Waals surface area contributed by atoms with Crippen molar-refractivity contribution in [2.24, 2.45) is 0 Å². The number of rotatable bonds is 0. The molecule has 4 heavy (non-hydrogen) atoms. The first-order valence-electron chi connectivity index (χ1n) is 0. The molecule has 2 radical (unpaired) electrons. The molecular formula is H2CoLaOSr. The maximum absolute atomic E-state index is 0. The summed E-state index contributed by atoms with van der Waals surface area (Å²) in [5.74, 6) is 0. The van der Waals surface area contributed by atoms with Crippen LogP contribution in [0.5, 0.6) is 0 Å². The van der Waals surface area contributed by atoms with Gasteiger partial charge in [0.05, 0.1) is 0 Å². The predicted molar refractivity (Wildman–Crippen MR) is 8.66 cm³/mol. The van der Waals surface area contributed by atoms with Crippen LogP contribution in [-0.4, -0.2) is 45.5 Å². The average molecular weight is 303 g/mol. The fourth-order valence-corrected chi connectivity index (χ4v) is 0. The summed E-state index contributed by atoms with van der Waals surface area (Å²) in [6, 6.07) is 0. The summed E-state index contributed by atoms with van der Waals surface area (Å²) >= 11 is 0. The molecule has 0 aromatic heterocycles. The summed E-state index contributed by atoms with van der Waals surface area (Å²) in [5, 5.41) is 0. The Bertz CT molecular complexity index is 13.5. The third-order valence-corrected chi connectivity index (χ3v) is 0. The molecule has 0 spiro atoms. The first kappa shape index (κ1) is 27.3. The Labute approximate surface area is 104 Å². The first-order valence-corrected chi connectivity index (χ1v) is 0. The summed E-state index contributed by atoms with van der Waals surface area (Å²) in [7, 11) is 0. The largest absolute Gasteiger partial charge is 2.00 e. The van der Waals surface area contributed by atoms with Crippen LogP contribution in [0, 0.1) is 35.6 Å². The van der Waals surface area contributed by atoms with Gasteiger partial charge >= 0.3 is 62.3 Å². The van der Waals surface area contributed by atoms with Crippen molar-refractivity contribution in [1.82, 2.24) is 0 Å². The molecule has 0 rings (SSSR count).